The minimum absolute atomic E-state index is 0.191. The summed E-state index contributed by atoms with van der Waals surface area (Å²) in [5.41, 5.74) is 0.116. The van der Waals surface area contributed by atoms with E-state index in [9.17, 15) is 10.2 Å². The molecule has 82 valence electrons. The van der Waals surface area contributed by atoms with Crippen LogP contribution in [-0.4, -0.2) is 22.9 Å². The van der Waals surface area contributed by atoms with Crippen molar-refractivity contribution in [2.45, 2.75) is 24.9 Å². The molecule has 15 heavy (non-hydrogen) atoms. The van der Waals surface area contributed by atoms with Crippen LogP contribution in [-0.2, 0) is 6.42 Å². The van der Waals surface area contributed by atoms with Gasteiger partial charge in [0, 0.05) is 12.0 Å². The van der Waals surface area contributed by atoms with E-state index in [1.165, 1.54) is 0 Å². The highest BCUT2D eigenvalue weighted by molar-refractivity contribution is 9.10. The number of hydrogen-bond donors (Lipinski definition) is 2. The molecule has 0 aromatic heterocycles. The quantitative estimate of drug-likeness (QED) is 0.887. The van der Waals surface area contributed by atoms with E-state index in [1.807, 2.05) is 0 Å². The number of methoxy groups -OCH3 is 1. The van der Waals surface area contributed by atoms with Crippen LogP contribution in [0.4, 0.5) is 0 Å². The molecule has 1 aliphatic carbocycles. The number of phenolic OH excluding ortho intramolecular Hbond substituents is 1. The molecule has 2 N–H and O–H groups in total. The molecule has 0 radical (unpaired) electrons. The van der Waals surface area contributed by atoms with Gasteiger partial charge in [-0.15, -0.1) is 0 Å². The van der Waals surface area contributed by atoms with Crippen LogP contribution in [0, 0.1) is 0 Å². The molecule has 0 heterocycles. The summed E-state index contributed by atoms with van der Waals surface area (Å²) >= 11 is 3.25. The van der Waals surface area contributed by atoms with Crippen molar-refractivity contribution in [3.8, 4) is 11.5 Å². The second-order valence-electron chi connectivity index (χ2n) is 4.02. The number of rotatable bonds is 3. The molecule has 0 saturated heterocycles. The fourth-order valence-corrected chi connectivity index (χ4v) is 2.04. The second-order valence-corrected chi connectivity index (χ2v) is 4.87. The first kappa shape index (κ1) is 10.8. The van der Waals surface area contributed by atoms with Gasteiger partial charge in [0.15, 0.2) is 0 Å². The maximum Gasteiger partial charge on any atom is 0.133 e. The smallest absolute Gasteiger partial charge is 0.133 e. The zero-order valence-electron chi connectivity index (χ0n) is 8.46. The molecule has 0 spiro atoms. The Balaban J connectivity index is 2.31. The Kier molecular flexibility index (Phi) is 2.64. The summed E-state index contributed by atoms with van der Waals surface area (Å²) in [6.45, 7) is 0. The average molecular weight is 273 g/mol. The van der Waals surface area contributed by atoms with Crippen molar-refractivity contribution in [3.63, 3.8) is 0 Å². The first-order valence-electron chi connectivity index (χ1n) is 4.82. The van der Waals surface area contributed by atoms with Crippen molar-refractivity contribution in [2.75, 3.05) is 7.11 Å². The predicted octanol–water partition coefficient (Wildman–Crippen LogP) is 2.23. The van der Waals surface area contributed by atoms with Gasteiger partial charge in [0.2, 0.25) is 0 Å². The molecular formula is C11H13BrO3. The highest BCUT2D eigenvalue weighted by Gasteiger charge is 2.40. The molecule has 0 bridgehead atoms. The fourth-order valence-electron chi connectivity index (χ4n) is 1.56. The largest absolute Gasteiger partial charge is 0.506 e. The van der Waals surface area contributed by atoms with Gasteiger partial charge in [-0.05, 0) is 40.9 Å². The van der Waals surface area contributed by atoms with Gasteiger partial charge in [-0.1, -0.05) is 0 Å². The third kappa shape index (κ3) is 2.26. The summed E-state index contributed by atoms with van der Waals surface area (Å²) in [4.78, 5) is 0. The van der Waals surface area contributed by atoms with Gasteiger partial charge in [-0.25, -0.2) is 0 Å². The van der Waals surface area contributed by atoms with Crippen LogP contribution in [0.5, 0.6) is 11.5 Å². The van der Waals surface area contributed by atoms with Gasteiger partial charge in [0.05, 0.1) is 17.2 Å². The van der Waals surface area contributed by atoms with E-state index in [1.54, 1.807) is 19.2 Å². The molecule has 4 heteroatoms. The molecule has 0 amide bonds. The van der Waals surface area contributed by atoms with E-state index in [-0.39, 0.29) is 5.75 Å². The van der Waals surface area contributed by atoms with Gasteiger partial charge < -0.3 is 14.9 Å². The summed E-state index contributed by atoms with van der Waals surface area (Å²) in [5.74, 6) is 0.870. The van der Waals surface area contributed by atoms with E-state index in [2.05, 4.69) is 15.9 Å². The van der Waals surface area contributed by atoms with Crippen molar-refractivity contribution >= 4 is 15.9 Å². The summed E-state index contributed by atoms with van der Waals surface area (Å²) in [5, 5.41) is 19.6. The molecule has 1 aromatic carbocycles. The normalized spacial score (nSPS) is 17.5. The Bertz CT molecular complexity index is 386. The Morgan fingerprint density at radius 2 is 2.13 bits per heavy atom. The lowest BCUT2D eigenvalue weighted by molar-refractivity contribution is 0.150. The Hall–Kier alpha value is -0.740. The molecule has 1 aromatic rings. The van der Waals surface area contributed by atoms with Crippen LogP contribution in [0.1, 0.15) is 18.4 Å². The van der Waals surface area contributed by atoms with Crippen molar-refractivity contribution in [1.82, 2.24) is 0 Å². The number of phenols is 1. The topological polar surface area (TPSA) is 49.7 Å². The Labute approximate surface area is 96.8 Å². The van der Waals surface area contributed by atoms with Crippen molar-refractivity contribution in [3.05, 3.63) is 22.2 Å². The molecule has 3 nitrogen and oxygen atoms in total. The zero-order valence-corrected chi connectivity index (χ0v) is 10.0. The van der Waals surface area contributed by atoms with Gasteiger partial charge in [-0.2, -0.15) is 0 Å². The number of aromatic hydroxyl groups is 1. The maximum atomic E-state index is 9.80. The van der Waals surface area contributed by atoms with Gasteiger partial charge >= 0.3 is 0 Å². The summed E-state index contributed by atoms with van der Waals surface area (Å²) in [7, 11) is 1.58. The molecule has 0 aliphatic heterocycles. The van der Waals surface area contributed by atoms with Crippen molar-refractivity contribution in [1.29, 1.82) is 0 Å². The number of benzene rings is 1. The van der Waals surface area contributed by atoms with E-state index >= 15 is 0 Å². The van der Waals surface area contributed by atoms with Crippen molar-refractivity contribution < 1.29 is 14.9 Å². The van der Waals surface area contributed by atoms with Crippen LogP contribution in [0.2, 0.25) is 0 Å². The molecule has 0 atom stereocenters. The third-order valence-corrected chi connectivity index (χ3v) is 3.30. The van der Waals surface area contributed by atoms with Crippen molar-refractivity contribution in [2.24, 2.45) is 0 Å². The molecule has 1 fully saturated rings. The highest BCUT2D eigenvalue weighted by Crippen LogP contribution is 2.42. The minimum atomic E-state index is -0.608. The summed E-state index contributed by atoms with van der Waals surface area (Å²) < 4.78 is 5.70. The third-order valence-electron chi connectivity index (χ3n) is 2.70. The average Bonchev–Trinajstić information content (AvgIpc) is 2.91. The van der Waals surface area contributed by atoms with Crippen LogP contribution in [0.3, 0.4) is 0 Å². The minimum Gasteiger partial charge on any atom is -0.506 e. The summed E-state index contributed by atoms with van der Waals surface area (Å²) in [6.07, 6.45) is 2.09. The van der Waals surface area contributed by atoms with Gasteiger partial charge in [-0.3, -0.25) is 0 Å². The highest BCUT2D eigenvalue weighted by atomic mass is 79.9. The first-order chi connectivity index (χ1) is 7.04. The summed E-state index contributed by atoms with van der Waals surface area (Å²) in [6, 6.07) is 3.46. The lowest BCUT2D eigenvalue weighted by Gasteiger charge is -2.12. The zero-order chi connectivity index (χ0) is 11.1. The standard InChI is InChI=1S/C11H13BrO3/c1-15-8-4-7(6-11(14)2-3-11)10(13)9(12)5-8/h4-5,13-14H,2-3,6H2,1H3. The number of hydrogen-bond acceptors (Lipinski definition) is 3. The van der Waals surface area contributed by atoms with E-state index in [0.717, 1.165) is 18.4 Å². The molecule has 2 rings (SSSR count). The first-order valence-corrected chi connectivity index (χ1v) is 5.61. The van der Waals surface area contributed by atoms with E-state index in [0.29, 0.717) is 16.6 Å². The van der Waals surface area contributed by atoms with Gasteiger partial charge in [0.1, 0.15) is 11.5 Å². The Morgan fingerprint density at radius 1 is 1.47 bits per heavy atom. The number of ether oxygens (including phenoxy) is 1. The number of aliphatic hydroxyl groups is 1. The lowest BCUT2D eigenvalue weighted by atomic mass is 10.1. The predicted molar refractivity (Wildman–Crippen MR) is 60.2 cm³/mol. The van der Waals surface area contributed by atoms with Crippen LogP contribution >= 0.6 is 15.9 Å². The maximum absolute atomic E-state index is 9.80. The van der Waals surface area contributed by atoms with E-state index < -0.39 is 5.60 Å². The fraction of sp³-hybridized carbons (Fsp3) is 0.455. The second kappa shape index (κ2) is 3.68. The van der Waals surface area contributed by atoms with Crippen LogP contribution < -0.4 is 4.74 Å². The SMILES string of the molecule is COc1cc(Br)c(O)c(CC2(O)CC2)c1. The van der Waals surface area contributed by atoms with Crippen LogP contribution in [0.25, 0.3) is 0 Å². The number of halogens is 1. The van der Waals surface area contributed by atoms with Gasteiger partial charge in [0.25, 0.3) is 0 Å². The molecule has 1 aliphatic rings. The molecule has 0 unspecified atom stereocenters. The Morgan fingerprint density at radius 3 is 2.67 bits per heavy atom. The van der Waals surface area contributed by atoms with Crippen LogP contribution in [0.15, 0.2) is 16.6 Å². The monoisotopic (exact) mass is 272 g/mol. The molecular weight excluding hydrogens is 260 g/mol. The molecule has 1 saturated carbocycles. The van der Waals surface area contributed by atoms with E-state index in [4.69, 9.17) is 4.74 Å². The lowest BCUT2D eigenvalue weighted by Crippen LogP contribution is -2.10.